The molecule has 1 aromatic carbocycles. The van der Waals surface area contributed by atoms with Crippen molar-refractivity contribution in [2.75, 3.05) is 62.5 Å². The molecule has 4 rings (SSSR count). The summed E-state index contributed by atoms with van der Waals surface area (Å²) >= 11 is 0. The average Bonchev–Trinajstić information content (AvgIpc) is 3.34. The first-order chi connectivity index (χ1) is 27.4. The second kappa shape index (κ2) is 23.3. The molecule has 0 radical (unpaired) electrons. The molecule has 21 heteroatoms. The summed E-state index contributed by atoms with van der Waals surface area (Å²) in [5.74, 6) is -1.09. The number of hydrogen-bond acceptors (Lipinski definition) is 14. The molecule has 326 valence electrons. The molecule has 16 nitrogen and oxygen atoms in total. The fourth-order valence-electron chi connectivity index (χ4n) is 7.16. The molecule has 1 unspecified atom stereocenters. The Bertz CT molecular complexity index is 2430. The number of allylic oxidation sites excluding steroid dienone is 3. The smallest absolute Gasteiger partial charge is 0.748 e. The summed E-state index contributed by atoms with van der Waals surface area (Å²) < 4.78 is 125. The molecule has 3 aliphatic rings. The number of anilines is 1. The van der Waals surface area contributed by atoms with Gasteiger partial charge in [-0.25, -0.2) is 29.8 Å². The van der Waals surface area contributed by atoms with Crippen LogP contribution in [-0.4, -0.2) is 108 Å². The molecular formula is C40H52N2Na2O14S3. The maximum absolute atomic E-state index is 12.2. The Balaban J connectivity index is 0.00000641. The molecule has 2 aliphatic heterocycles. The van der Waals surface area contributed by atoms with E-state index in [1.54, 1.807) is 25.2 Å². The third kappa shape index (κ3) is 16.2. The van der Waals surface area contributed by atoms with Gasteiger partial charge in [0.2, 0.25) is 5.36 Å². The van der Waals surface area contributed by atoms with Gasteiger partial charge in [-0.3, -0.25) is 4.79 Å². The van der Waals surface area contributed by atoms with Crippen molar-refractivity contribution in [3.63, 3.8) is 0 Å². The van der Waals surface area contributed by atoms with Crippen molar-refractivity contribution in [1.82, 2.24) is 4.58 Å². The van der Waals surface area contributed by atoms with Gasteiger partial charge in [-0.15, -0.1) is 0 Å². The zero-order valence-corrected chi connectivity index (χ0v) is 42.3. The van der Waals surface area contributed by atoms with Crippen LogP contribution in [-0.2, 0) is 55.5 Å². The summed E-state index contributed by atoms with van der Waals surface area (Å²) in [6.45, 7) is 11.5. The minimum atomic E-state index is -4.87. The number of carboxylic acids is 1. The van der Waals surface area contributed by atoms with Crippen LogP contribution in [0.5, 0.6) is 0 Å². The molecule has 2 heterocycles. The Kier molecular flexibility index (Phi) is 21.1. The van der Waals surface area contributed by atoms with Crippen molar-refractivity contribution in [2.45, 2.75) is 76.0 Å². The molecule has 1 aromatic rings. The quantitative estimate of drug-likeness (QED) is 0.0517. The van der Waals surface area contributed by atoms with E-state index in [1.165, 1.54) is 18.2 Å². The summed E-state index contributed by atoms with van der Waals surface area (Å²) in [6.07, 6.45) is 5.31. The maximum atomic E-state index is 12.2. The molecule has 0 amide bonds. The fourth-order valence-corrected chi connectivity index (χ4v) is 8.64. The molecule has 1 atom stereocenters. The van der Waals surface area contributed by atoms with E-state index >= 15 is 0 Å². The molecule has 61 heavy (non-hydrogen) atoms. The minimum absolute atomic E-state index is 0. The Hall–Kier alpha value is -1.95. The van der Waals surface area contributed by atoms with Gasteiger partial charge in [0.1, 0.15) is 34.7 Å². The molecule has 0 bridgehead atoms. The van der Waals surface area contributed by atoms with Crippen molar-refractivity contribution in [1.29, 1.82) is 0 Å². The number of carbonyl (C=O) groups is 1. The zero-order valence-electron chi connectivity index (χ0n) is 35.8. The van der Waals surface area contributed by atoms with Gasteiger partial charge in [0, 0.05) is 52.9 Å². The van der Waals surface area contributed by atoms with Crippen LogP contribution < -0.4 is 73.9 Å². The number of benzene rings is 2. The first-order valence-electron chi connectivity index (χ1n) is 19.1. The van der Waals surface area contributed by atoms with Crippen LogP contribution in [0.25, 0.3) is 17.4 Å². The summed E-state index contributed by atoms with van der Waals surface area (Å²) in [5.41, 5.74) is 2.04. The van der Waals surface area contributed by atoms with Crippen LogP contribution in [0.1, 0.15) is 77.2 Å². The first kappa shape index (κ1) is 55.2. The summed E-state index contributed by atoms with van der Waals surface area (Å²) in [5, 5.41) is 9.60. The molecule has 0 aromatic heterocycles. The Morgan fingerprint density at radius 3 is 2.13 bits per heavy atom. The number of fused-ring (bicyclic) bond motifs is 2. The van der Waals surface area contributed by atoms with Gasteiger partial charge in [-0.05, 0) is 85.7 Å². The van der Waals surface area contributed by atoms with E-state index in [0.29, 0.717) is 41.6 Å². The molecule has 0 saturated carbocycles. The van der Waals surface area contributed by atoms with Crippen LogP contribution >= 0.6 is 0 Å². The predicted molar refractivity (Wildman–Crippen MR) is 218 cm³/mol. The van der Waals surface area contributed by atoms with Gasteiger partial charge in [-0.2, -0.15) is 0 Å². The first-order valence-corrected chi connectivity index (χ1v) is 23.7. The van der Waals surface area contributed by atoms with Gasteiger partial charge in [-0.1, -0.05) is 26.8 Å². The number of nitrogens with zero attached hydrogens (tertiary/aromatic N) is 2. The number of hydrogen-bond donors (Lipinski definition) is 1. The van der Waals surface area contributed by atoms with E-state index in [2.05, 4.69) is 20.8 Å². The van der Waals surface area contributed by atoms with Gasteiger partial charge in [0.15, 0.2) is 0 Å². The van der Waals surface area contributed by atoms with Crippen molar-refractivity contribution in [3.05, 3.63) is 82.6 Å². The van der Waals surface area contributed by atoms with Gasteiger partial charge < -0.3 is 37.6 Å². The normalized spacial score (nSPS) is 17.0. The van der Waals surface area contributed by atoms with Crippen LogP contribution in [0, 0.1) is 0 Å². The van der Waals surface area contributed by atoms with Crippen molar-refractivity contribution < 1.29 is 122 Å². The number of rotatable bonds is 21. The van der Waals surface area contributed by atoms with Crippen LogP contribution in [0.15, 0.2) is 69.6 Å². The molecule has 0 fully saturated rings. The summed E-state index contributed by atoms with van der Waals surface area (Å²) in [6, 6.07) is 11.6. The summed E-state index contributed by atoms with van der Waals surface area (Å²) in [7, 11) is -13.8. The second-order valence-electron chi connectivity index (χ2n) is 15.4. The molecule has 0 spiro atoms. The third-order valence-corrected chi connectivity index (χ3v) is 12.4. The van der Waals surface area contributed by atoms with Gasteiger partial charge in [0.05, 0.1) is 64.0 Å². The molecule has 1 aliphatic carbocycles. The van der Waals surface area contributed by atoms with E-state index in [0.717, 1.165) is 16.5 Å². The van der Waals surface area contributed by atoms with Crippen LogP contribution in [0.4, 0.5) is 5.69 Å². The molecule has 1 N–H and O–H groups in total. The van der Waals surface area contributed by atoms with Crippen molar-refractivity contribution >= 4 is 48.1 Å². The van der Waals surface area contributed by atoms with Gasteiger partial charge >= 0.3 is 65.1 Å². The summed E-state index contributed by atoms with van der Waals surface area (Å²) in [4.78, 5) is 12.2. The fraction of sp³-hybridized carbons (Fsp3) is 0.500. The zero-order chi connectivity index (χ0) is 43.8. The van der Waals surface area contributed by atoms with Crippen molar-refractivity contribution in [3.8, 4) is 11.3 Å². The molecule has 0 saturated heterocycles. The topological polar surface area (TPSA) is 247 Å². The van der Waals surface area contributed by atoms with E-state index in [4.69, 9.17) is 19.0 Å². The molecular weight excluding hydrogens is 875 g/mol. The number of ether oxygens (including phenoxy) is 2. The average molecular weight is 927 g/mol. The van der Waals surface area contributed by atoms with E-state index < -0.39 is 58.1 Å². The monoisotopic (exact) mass is 926 g/mol. The van der Waals surface area contributed by atoms with Gasteiger partial charge in [0.25, 0.3) is 0 Å². The minimum Gasteiger partial charge on any atom is -0.748 e. The van der Waals surface area contributed by atoms with Crippen molar-refractivity contribution in [2.24, 2.45) is 0 Å². The van der Waals surface area contributed by atoms with E-state index in [1.807, 2.05) is 40.7 Å². The maximum Gasteiger partial charge on any atom is 1.00 e. The Morgan fingerprint density at radius 1 is 0.902 bits per heavy atom. The largest absolute Gasteiger partial charge is 1.00 e. The second-order valence-corrected chi connectivity index (χ2v) is 19.9. The van der Waals surface area contributed by atoms with Crippen LogP contribution in [0.2, 0.25) is 0 Å². The SMILES string of the molecule is CC[N+](CCCS(=O)(=O)[O-])=c1ccc2c(C(C)(C)C)cc(/C=C/C=C3/N(CCOCCOCCC(=O)O)c4ccc(S(=O)(=O)[O-])cc4C3(C)CCCS(=O)(=O)[O-])oc-2c1.[Na+].[Na+]. The Morgan fingerprint density at radius 2 is 1.54 bits per heavy atom. The van der Waals surface area contributed by atoms with Crippen LogP contribution in [0.3, 0.4) is 0 Å². The third-order valence-electron chi connectivity index (χ3n) is 10.0. The Labute approximate surface area is 403 Å². The number of aliphatic carboxylic acids is 1. The standard InChI is InChI=1S/C40H54N2O14S3.2Na/c1-6-41(18-9-25-58(48,49)50)29-12-14-32-33(39(2,3)4)27-30(56-36(32)26-29)10-7-11-37-40(5,17-8-24-57(45,46)47)34-28-31(59(51,52)53)13-15-35(34)42(37)19-21-55-23-22-54-20-16-38(43)44;;/h7,10-15,26-28H,6,8-9,16-25H2,1-5H3,(H3-,43,44,45,46,47,48,49,50,51,52,53);;/q;2*+1/p-2. The van der Waals surface area contributed by atoms with E-state index in [-0.39, 0.29) is 123 Å². The van der Waals surface area contributed by atoms with E-state index in [9.17, 15) is 43.7 Å². The predicted octanol–water partition coefficient (Wildman–Crippen LogP) is -2.17. The number of carboxylic acid groups (broad SMARTS) is 1.